The zero-order valence-corrected chi connectivity index (χ0v) is 21.0. The number of rotatable bonds is 11. The Labute approximate surface area is 217 Å². The number of nitrogens with zero attached hydrogens (tertiary/aromatic N) is 1. The Bertz CT molecular complexity index is 1010. The van der Waals surface area contributed by atoms with Gasteiger partial charge in [-0.15, -0.1) is 0 Å². The van der Waals surface area contributed by atoms with Gasteiger partial charge in [0, 0.05) is 51.0 Å². The first kappa shape index (κ1) is 27.2. The van der Waals surface area contributed by atoms with Gasteiger partial charge in [0.2, 0.25) is 5.91 Å². The van der Waals surface area contributed by atoms with Crippen LogP contribution in [0.15, 0.2) is 48.5 Å². The number of aliphatic hydroxyl groups excluding tert-OH is 1. The second kappa shape index (κ2) is 13.6. The number of aliphatic carboxylic acids is 1. The third-order valence-corrected chi connectivity index (χ3v) is 6.72. The van der Waals surface area contributed by atoms with Gasteiger partial charge in [0.25, 0.3) is 0 Å². The van der Waals surface area contributed by atoms with Gasteiger partial charge in [-0.2, -0.15) is 0 Å². The molecule has 2 aliphatic heterocycles. The van der Waals surface area contributed by atoms with E-state index in [0.29, 0.717) is 13.0 Å². The standard InChI is InChI=1S/C28H36N2O7/c31-19-21-6-8-22(9-7-21)25-16-24(18-30-12-14-35-15-13-30)36-28(37-25)23-10-4-20(5-11-23)17-29-26(32)2-1-3-27(33)34/h4-11,24-25,28,31H,1-3,12-19H2,(H,29,32)(H,33,34). The molecule has 9 nitrogen and oxygen atoms in total. The molecule has 2 saturated heterocycles. The van der Waals surface area contributed by atoms with E-state index in [1.807, 2.05) is 48.5 Å². The summed E-state index contributed by atoms with van der Waals surface area (Å²) >= 11 is 0. The molecule has 2 aromatic carbocycles. The number of carbonyl (C=O) groups excluding carboxylic acids is 1. The molecule has 0 radical (unpaired) electrons. The fourth-order valence-electron chi connectivity index (χ4n) is 4.59. The van der Waals surface area contributed by atoms with Gasteiger partial charge in [0.15, 0.2) is 6.29 Å². The van der Waals surface area contributed by atoms with Crippen molar-refractivity contribution in [3.63, 3.8) is 0 Å². The van der Waals surface area contributed by atoms with E-state index in [-0.39, 0.29) is 37.6 Å². The smallest absolute Gasteiger partial charge is 0.303 e. The summed E-state index contributed by atoms with van der Waals surface area (Å²) < 4.78 is 18.3. The van der Waals surface area contributed by atoms with Crippen molar-refractivity contribution in [3.05, 3.63) is 70.8 Å². The number of nitrogens with one attached hydrogen (secondary N) is 1. The Morgan fingerprint density at radius 1 is 0.919 bits per heavy atom. The minimum absolute atomic E-state index is 0.00628. The lowest BCUT2D eigenvalue weighted by molar-refractivity contribution is -0.253. The van der Waals surface area contributed by atoms with Crippen LogP contribution in [0.4, 0.5) is 0 Å². The third-order valence-electron chi connectivity index (χ3n) is 6.72. The summed E-state index contributed by atoms with van der Waals surface area (Å²) in [7, 11) is 0. The molecule has 0 spiro atoms. The van der Waals surface area contributed by atoms with E-state index in [2.05, 4.69) is 10.2 Å². The SMILES string of the molecule is O=C(O)CCCC(=O)NCc1ccc(C2OC(CN3CCOCC3)CC(c3ccc(CO)cc3)O2)cc1. The van der Waals surface area contributed by atoms with Gasteiger partial charge in [-0.1, -0.05) is 48.5 Å². The average Bonchev–Trinajstić information content (AvgIpc) is 2.92. The molecule has 3 atom stereocenters. The number of morpholine rings is 1. The zero-order valence-electron chi connectivity index (χ0n) is 21.0. The number of hydrogen-bond donors (Lipinski definition) is 3. The number of carbonyl (C=O) groups is 2. The van der Waals surface area contributed by atoms with Gasteiger partial charge in [0.1, 0.15) is 0 Å². The van der Waals surface area contributed by atoms with E-state index in [1.54, 1.807) is 0 Å². The summed E-state index contributed by atoms with van der Waals surface area (Å²) in [6.45, 7) is 4.42. The van der Waals surface area contributed by atoms with Crippen LogP contribution < -0.4 is 5.32 Å². The van der Waals surface area contributed by atoms with Crippen molar-refractivity contribution in [1.82, 2.24) is 10.2 Å². The van der Waals surface area contributed by atoms with Crippen LogP contribution >= 0.6 is 0 Å². The Morgan fingerprint density at radius 2 is 1.59 bits per heavy atom. The highest BCUT2D eigenvalue weighted by Crippen LogP contribution is 2.38. The van der Waals surface area contributed by atoms with E-state index >= 15 is 0 Å². The molecular weight excluding hydrogens is 476 g/mol. The third kappa shape index (κ3) is 8.34. The van der Waals surface area contributed by atoms with Crippen molar-refractivity contribution >= 4 is 11.9 Å². The summed E-state index contributed by atoms with van der Waals surface area (Å²) in [6, 6.07) is 15.7. The molecule has 2 heterocycles. The molecule has 0 bridgehead atoms. The number of carboxylic acids is 1. The van der Waals surface area contributed by atoms with Crippen molar-refractivity contribution in [2.45, 2.75) is 57.3 Å². The number of amides is 1. The number of aliphatic hydroxyl groups is 1. The molecule has 3 N–H and O–H groups in total. The maximum Gasteiger partial charge on any atom is 0.303 e. The number of hydrogen-bond acceptors (Lipinski definition) is 7. The maximum atomic E-state index is 12.0. The number of ether oxygens (including phenoxy) is 3. The van der Waals surface area contributed by atoms with E-state index in [1.165, 1.54) is 0 Å². The first-order valence-corrected chi connectivity index (χ1v) is 12.9. The van der Waals surface area contributed by atoms with Gasteiger partial charge in [-0.3, -0.25) is 14.5 Å². The van der Waals surface area contributed by atoms with Crippen molar-refractivity contribution < 1.29 is 34.0 Å². The largest absolute Gasteiger partial charge is 0.481 e. The van der Waals surface area contributed by atoms with E-state index in [9.17, 15) is 14.7 Å². The normalized spacial score (nSPS) is 22.5. The van der Waals surface area contributed by atoms with E-state index in [4.69, 9.17) is 19.3 Å². The fraction of sp³-hybridized carbons (Fsp3) is 0.500. The van der Waals surface area contributed by atoms with Crippen molar-refractivity contribution in [3.8, 4) is 0 Å². The lowest BCUT2D eigenvalue weighted by Crippen LogP contribution is -2.44. The maximum absolute atomic E-state index is 12.0. The molecule has 4 rings (SSSR count). The summed E-state index contributed by atoms with van der Waals surface area (Å²) in [5.74, 6) is -1.06. The fourth-order valence-corrected chi connectivity index (χ4v) is 4.59. The van der Waals surface area contributed by atoms with Crippen LogP contribution in [0, 0.1) is 0 Å². The highest BCUT2D eigenvalue weighted by Gasteiger charge is 2.33. The summed E-state index contributed by atoms with van der Waals surface area (Å²) in [5, 5.41) is 20.9. The average molecular weight is 513 g/mol. The van der Waals surface area contributed by atoms with Crippen LogP contribution in [0.2, 0.25) is 0 Å². The van der Waals surface area contributed by atoms with Gasteiger partial charge in [-0.25, -0.2) is 0 Å². The van der Waals surface area contributed by atoms with Crippen LogP contribution in [0.5, 0.6) is 0 Å². The predicted octanol–water partition coefficient (Wildman–Crippen LogP) is 2.93. The van der Waals surface area contributed by atoms with Gasteiger partial charge >= 0.3 is 5.97 Å². The van der Waals surface area contributed by atoms with Gasteiger partial charge in [-0.05, 0) is 23.1 Å². The highest BCUT2D eigenvalue weighted by molar-refractivity contribution is 5.76. The summed E-state index contributed by atoms with van der Waals surface area (Å²) in [6.07, 6.45) is 0.570. The van der Waals surface area contributed by atoms with E-state index < -0.39 is 12.3 Å². The zero-order chi connectivity index (χ0) is 26.0. The molecular formula is C28H36N2O7. The quantitative estimate of drug-likeness (QED) is 0.421. The molecule has 37 heavy (non-hydrogen) atoms. The van der Waals surface area contributed by atoms with Crippen LogP contribution in [-0.2, 0) is 37.0 Å². The van der Waals surface area contributed by atoms with Crippen molar-refractivity contribution in [2.75, 3.05) is 32.8 Å². The topological polar surface area (TPSA) is 118 Å². The molecule has 200 valence electrons. The lowest BCUT2D eigenvalue weighted by Gasteiger charge is -2.39. The van der Waals surface area contributed by atoms with Crippen LogP contribution in [0.25, 0.3) is 0 Å². The minimum atomic E-state index is -0.896. The lowest BCUT2D eigenvalue weighted by atomic mass is 9.99. The first-order valence-electron chi connectivity index (χ1n) is 12.9. The molecule has 1 amide bonds. The molecule has 9 heteroatoms. The first-order chi connectivity index (χ1) is 18.0. The highest BCUT2D eigenvalue weighted by atomic mass is 16.7. The van der Waals surface area contributed by atoms with Crippen LogP contribution in [0.1, 0.15) is 60.3 Å². The minimum Gasteiger partial charge on any atom is -0.481 e. The van der Waals surface area contributed by atoms with Gasteiger partial charge in [0.05, 0.1) is 32.0 Å². The Morgan fingerprint density at radius 3 is 2.27 bits per heavy atom. The van der Waals surface area contributed by atoms with Crippen LogP contribution in [0.3, 0.4) is 0 Å². The molecule has 3 unspecified atom stereocenters. The van der Waals surface area contributed by atoms with Gasteiger partial charge < -0.3 is 29.7 Å². The van der Waals surface area contributed by atoms with E-state index in [0.717, 1.165) is 61.5 Å². The summed E-state index contributed by atoms with van der Waals surface area (Å²) in [5.41, 5.74) is 3.76. The number of benzene rings is 2. The Kier molecular flexibility index (Phi) is 10.0. The Balaban J connectivity index is 1.39. The second-order valence-corrected chi connectivity index (χ2v) is 9.53. The monoisotopic (exact) mass is 512 g/mol. The number of carboxylic acid groups (broad SMARTS) is 1. The molecule has 2 aromatic rings. The van der Waals surface area contributed by atoms with Crippen LogP contribution in [-0.4, -0.2) is 65.9 Å². The second-order valence-electron chi connectivity index (χ2n) is 9.53. The summed E-state index contributed by atoms with van der Waals surface area (Å²) in [4.78, 5) is 24.9. The molecule has 0 aliphatic carbocycles. The Hall–Kier alpha value is -2.82. The van der Waals surface area contributed by atoms with Crippen molar-refractivity contribution in [2.24, 2.45) is 0 Å². The molecule has 2 aliphatic rings. The molecule has 2 fully saturated rings. The van der Waals surface area contributed by atoms with Crippen molar-refractivity contribution in [1.29, 1.82) is 0 Å². The molecule has 0 saturated carbocycles. The molecule has 0 aromatic heterocycles. The predicted molar refractivity (Wildman–Crippen MR) is 135 cm³/mol.